The fourth-order valence-corrected chi connectivity index (χ4v) is 1.54. The topological polar surface area (TPSA) is 69.6 Å². The molecule has 2 N–H and O–H groups in total. The van der Waals surface area contributed by atoms with Gasteiger partial charge in [0.25, 0.3) is 0 Å². The average molecular weight is 257 g/mol. The highest BCUT2D eigenvalue weighted by Gasteiger charge is 2.33. The van der Waals surface area contributed by atoms with Crippen LogP contribution in [0.3, 0.4) is 0 Å². The molecular formula is C10H10F3N5. The molecule has 0 fully saturated rings. The van der Waals surface area contributed by atoms with Gasteiger partial charge < -0.3 is 5.73 Å². The molecule has 0 saturated carbocycles. The van der Waals surface area contributed by atoms with Crippen LogP contribution in [0.25, 0.3) is 5.69 Å². The van der Waals surface area contributed by atoms with Gasteiger partial charge in [-0.2, -0.15) is 18.3 Å². The molecule has 0 radical (unpaired) electrons. The number of anilines is 1. The molecule has 0 unspecified atom stereocenters. The quantitative estimate of drug-likeness (QED) is 0.846. The number of nitrogens with zero attached hydrogens (tertiary/aromatic N) is 4. The number of nitrogen functional groups attached to an aromatic ring is 1. The van der Waals surface area contributed by atoms with Gasteiger partial charge in [-0.05, 0) is 19.9 Å². The molecule has 2 aromatic rings. The highest BCUT2D eigenvalue weighted by atomic mass is 19.4. The van der Waals surface area contributed by atoms with E-state index in [9.17, 15) is 13.2 Å². The lowest BCUT2D eigenvalue weighted by Crippen LogP contribution is -2.12. The molecule has 0 atom stereocenters. The fraction of sp³-hybridized carbons (Fsp3) is 0.300. The summed E-state index contributed by atoms with van der Waals surface area (Å²) in [5.41, 5.74) is 4.84. The minimum atomic E-state index is -4.52. The predicted octanol–water partition coefficient (Wildman–Crippen LogP) is 1.88. The van der Waals surface area contributed by atoms with Crippen molar-refractivity contribution < 1.29 is 13.2 Å². The van der Waals surface area contributed by atoms with Gasteiger partial charge in [-0.15, -0.1) is 0 Å². The lowest BCUT2D eigenvalue weighted by molar-refractivity contribution is -0.141. The van der Waals surface area contributed by atoms with E-state index in [-0.39, 0.29) is 11.4 Å². The van der Waals surface area contributed by atoms with Crippen LogP contribution in [0, 0.1) is 13.8 Å². The van der Waals surface area contributed by atoms with Crippen LogP contribution in [0.15, 0.2) is 12.3 Å². The maximum Gasteiger partial charge on any atom is 0.433 e. The zero-order valence-electron chi connectivity index (χ0n) is 9.65. The predicted molar refractivity (Wildman–Crippen MR) is 58.0 cm³/mol. The molecule has 18 heavy (non-hydrogen) atoms. The molecule has 0 amide bonds. The second-order valence-corrected chi connectivity index (χ2v) is 3.74. The van der Waals surface area contributed by atoms with Crippen molar-refractivity contribution >= 4 is 5.69 Å². The highest BCUT2D eigenvalue weighted by Crippen LogP contribution is 2.30. The van der Waals surface area contributed by atoms with Crippen LogP contribution in [0.2, 0.25) is 0 Å². The Balaban J connectivity index is 2.60. The van der Waals surface area contributed by atoms with E-state index in [0.29, 0.717) is 11.6 Å². The Labute approximate surface area is 100 Å². The minimum Gasteiger partial charge on any atom is -0.396 e. The fourth-order valence-electron chi connectivity index (χ4n) is 1.54. The number of aromatic nitrogens is 4. The van der Waals surface area contributed by atoms with Crippen LogP contribution in [-0.2, 0) is 6.18 Å². The molecule has 0 spiro atoms. The monoisotopic (exact) mass is 257 g/mol. The molecular weight excluding hydrogens is 247 g/mol. The smallest absolute Gasteiger partial charge is 0.396 e. The summed E-state index contributed by atoms with van der Waals surface area (Å²) in [5.74, 6) is 0.913. The number of nitrogens with two attached hydrogens (primary N) is 1. The maximum absolute atomic E-state index is 12.6. The number of pyridine rings is 1. The van der Waals surface area contributed by atoms with E-state index in [2.05, 4.69) is 15.1 Å². The Morgan fingerprint density at radius 2 is 1.94 bits per heavy atom. The Morgan fingerprint density at radius 3 is 2.44 bits per heavy atom. The van der Waals surface area contributed by atoms with Gasteiger partial charge in [0.15, 0.2) is 0 Å². The first kappa shape index (κ1) is 12.3. The Hall–Kier alpha value is -2.12. The summed E-state index contributed by atoms with van der Waals surface area (Å²) in [5, 5.41) is 3.99. The van der Waals surface area contributed by atoms with Gasteiger partial charge in [0.1, 0.15) is 17.3 Å². The van der Waals surface area contributed by atoms with E-state index < -0.39 is 11.9 Å². The molecule has 8 heteroatoms. The van der Waals surface area contributed by atoms with Crippen molar-refractivity contribution in [1.29, 1.82) is 0 Å². The number of aryl methyl sites for hydroxylation is 2. The van der Waals surface area contributed by atoms with Crippen LogP contribution >= 0.6 is 0 Å². The molecule has 0 saturated heterocycles. The number of rotatable bonds is 1. The number of hydrogen-bond donors (Lipinski definition) is 1. The summed E-state index contributed by atoms with van der Waals surface area (Å²) in [6.07, 6.45) is -3.55. The average Bonchev–Trinajstić information content (AvgIpc) is 2.56. The SMILES string of the molecule is Cc1nc(C)n(-c2cc(C(F)(F)F)ncc2N)n1. The van der Waals surface area contributed by atoms with Crippen molar-refractivity contribution in [3.05, 3.63) is 29.6 Å². The molecule has 0 aromatic carbocycles. The van der Waals surface area contributed by atoms with Crippen molar-refractivity contribution in [1.82, 2.24) is 19.7 Å². The second-order valence-electron chi connectivity index (χ2n) is 3.74. The maximum atomic E-state index is 12.6. The first-order valence-corrected chi connectivity index (χ1v) is 5.02. The third-order valence-electron chi connectivity index (χ3n) is 2.31. The van der Waals surface area contributed by atoms with Gasteiger partial charge in [-0.25, -0.2) is 14.6 Å². The van der Waals surface area contributed by atoms with Gasteiger partial charge in [0, 0.05) is 0 Å². The molecule has 0 aliphatic carbocycles. The molecule has 2 rings (SSSR count). The van der Waals surface area contributed by atoms with Crippen LogP contribution in [0.1, 0.15) is 17.3 Å². The van der Waals surface area contributed by atoms with Gasteiger partial charge in [0.05, 0.1) is 17.6 Å². The summed E-state index contributed by atoms with van der Waals surface area (Å²) in [6, 6.07) is 0.858. The third kappa shape index (κ3) is 2.13. The van der Waals surface area contributed by atoms with Crippen LogP contribution < -0.4 is 5.73 Å². The number of alkyl halides is 3. The molecule has 2 heterocycles. The van der Waals surface area contributed by atoms with E-state index >= 15 is 0 Å². The van der Waals surface area contributed by atoms with E-state index in [0.717, 1.165) is 12.3 Å². The molecule has 96 valence electrons. The Bertz CT molecular complexity index is 588. The molecule has 0 aliphatic rings. The molecule has 2 aromatic heterocycles. The third-order valence-corrected chi connectivity index (χ3v) is 2.31. The van der Waals surface area contributed by atoms with E-state index in [4.69, 9.17) is 5.73 Å². The molecule has 0 bridgehead atoms. The van der Waals surface area contributed by atoms with Gasteiger partial charge in [-0.3, -0.25) is 0 Å². The van der Waals surface area contributed by atoms with E-state index in [1.165, 1.54) is 4.68 Å². The Kier molecular flexibility index (Phi) is 2.72. The number of hydrogen-bond acceptors (Lipinski definition) is 4. The van der Waals surface area contributed by atoms with Crippen molar-refractivity contribution in [2.24, 2.45) is 0 Å². The van der Waals surface area contributed by atoms with Crippen LogP contribution in [0.5, 0.6) is 0 Å². The lowest BCUT2D eigenvalue weighted by atomic mass is 10.2. The normalized spacial score (nSPS) is 11.8. The van der Waals surface area contributed by atoms with Crippen LogP contribution in [0.4, 0.5) is 18.9 Å². The zero-order chi connectivity index (χ0) is 13.5. The van der Waals surface area contributed by atoms with Crippen LogP contribution in [-0.4, -0.2) is 19.7 Å². The standard InChI is InChI=1S/C10H10F3N5/c1-5-16-6(2)18(17-5)8-3-9(10(11,12)13)15-4-7(8)14/h3-4H,14H2,1-2H3. The second kappa shape index (κ2) is 3.97. The summed E-state index contributed by atoms with van der Waals surface area (Å²) in [7, 11) is 0. The minimum absolute atomic E-state index is 0.107. The lowest BCUT2D eigenvalue weighted by Gasteiger charge is -2.10. The summed E-state index contributed by atoms with van der Waals surface area (Å²) in [4.78, 5) is 7.28. The van der Waals surface area contributed by atoms with Crippen molar-refractivity contribution in [3.63, 3.8) is 0 Å². The van der Waals surface area contributed by atoms with E-state index in [1.54, 1.807) is 13.8 Å². The van der Waals surface area contributed by atoms with E-state index in [1.807, 2.05) is 0 Å². The molecule has 0 aliphatic heterocycles. The number of halogens is 3. The summed E-state index contributed by atoms with van der Waals surface area (Å²) < 4.78 is 39.0. The van der Waals surface area contributed by atoms with Gasteiger partial charge in [0.2, 0.25) is 0 Å². The first-order chi connectivity index (χ1) is 8.29. The van der Waals surface area contributed by atoms with Crippen molar-refractivity contribution in [2.75, 3.05) is 5.73 Å². The van der Waals surface area contributed by atoms with Gasteiger partial charge >= 0.3 is 6.18 Å². The van der Waals surface area contributed by atoms with Gasteiger partial charge in [-0.1, -0.05) is 0 Å². The summed E-state index contributed by atoms with van der Waals surface area (Å²) in [6.45, 7) is 3.28. The Morgan fingerprint density at radius 1 is 1.28 bits per heavy atom. The zero-order valence-corrected chi connectivity index (χ0v) is 9.65. The van der Waals surface area contributed by atoms with Crippen molar-refractivity contribution in [2.45, 2.75) is 20.0 Å². The molecule has 5 nitrogen and oxygen atoms in total. The first-order valence-electron chi connectivity index (χ1n) is 5.02. The largest absolute Gasteiger partial charge is 0.433 e. The summed E-state index contributed by atoms with van der Waals surface area (Å²) >= 11 is 0. The highest BCUT2D eigenvalue weighted by molar-refractivity contribution is 5.56. The van der Waals surface area contributed by atoms with Crippen molar-refractivity contribution in [3.8, 4) is 5.69 Å².